The van der Waals surface area contributed by atoms with Crippen molar-refractivity contribution in [2.24, 2.45) is 17.8 Å². The molecule has 15 heavy (non-hydrogen) atoms. The van der Waals surface area contributed by atoms with Crippen molar-refractivity contribution in [2.45, 2.75) is 38.1 Å². The summed E-state index contributed by atoms with van der Waals surface area (Å²) in [5.74, 6) is 2.83. The smallest absolute Gasteiger partial charge is 0.220 e. The molecule has 0 aromatic heterocycles. The molecule has 2 N–H and O–H groups in total. The summed E-state index contributed by atoms with van der Waals surface area (Å²) in [4.78, 5) is 11.7. The van der Waals surface area contributed by atoms with Crippen molar-refractivity contribution in [3.63, 3.8) is 0 Å². The summed E-state index contributed by atoms with van der Waals surface area (Å²) in [5.41, 5.74) is 0. The van der Waals surface area contributed by atoms with Gasteiger partial charge < -0.3 is 10.6 Å². The van der Waals surface area contributed by atoms with Crippen molar-refractivity contribution in [3.05, 3.63) is 0 Å². The van der Waals surface area contributed by atoms with E-state index < -0.39 is 0 Å². The van der Waals surface area contributed by atoms with Crippen molar-refractivity contribution < 1.29 is 4.79 Å². The molecule has 3 atom stereocenters. The number of nitrogens with one attached hydrogen (secondary N) is 2. The van der Waals surface area contributed by atoms with Gasteiger partial charge in [0.15, 0.2) is 0 Å². The fourth-order valence-electron chi connectivity index (χ4n) is 3.54. The van der Waals surface area contributed by atoms with E-state index >= 15 is 0 Å². The molecule has 3 nitrogen and oxygen atoms in total. The summed E-state index contributed by atoms with van der Waals surface area (Å²) in [6.45, 7) is 1.92. The van der Waals surface area contributed by atoms with Crippen LogP contribution in [0.2, 0.25) is 0 Å². The van der Waals surface area contributed by atoms with E-state index in [0.29, 0.717) is 17.9 Å². The summed E-state index contributed by atoms with van der Waals surface area (Å²) >= 11 is 0. The Balaban J connectivity index is 1.46. The second-order valence-electron chi connectivity index (χ2n) is 5.56. The number of hydrogen-bond acceptors (Lipinski definition) is 2. The van der Waals surface area contributed by atoms with Crippen LogP contribution < -0.4 is 10.6 Å². The fourth-order valence-corrected chi connectivity index (χ4v) is 3.54. The first kappa shape index (κ1) is 9.64. The zero-order chi connectivity index (χ0) is 10.3. The average Bonchev–Trinajstić information content (AvgIpc) is 2.72. The van der Waals surface area contributed by atoms with Crippen LogP contribution in [0.1, 0.15) is 32.1 Å². The van der Waals surface area contributed by atoms with Crippen molar-refractivity contribution in [1.29, 1.82) is 0 Å². The third kappa shape index (κ3) is 1.89. The van der Waals surface area contributed by atoms with Gasteiger partial charge in [0.1, 0.15) is 0 Å². The molecule has 0 aromatic rings. The molecule has 1 aliphatic heterocycles. The Hall–Kier alpha value is -0.570. The number of amides is 1. The molecular formula is C12H20N2O. The molecule has 3 fully saturated rings. The van der Waals surface area contributed by atoms with Gasteiger partial charge in [-0.05, 0) is 37.0 Å². The van der Waals surface area contributed by atoms with Gasteiger partial charge in [-0.15, -0.1) is 0 Å². The van der Waals surface area contributed by atoms with E-state index in [1.165, 1.54) is 25.7 Å². The van der Waals surface area contributed by atoms with Gasteiger partial charge in [-0.1, -0.05) is 6.42 Å². The van der Waals surface area contributed by atoms with E-state index in [0.717, 1.165) is 31.3 Å². The molecule has 1 heterocycles. The van der Waals surface area contributed by atoms with Crippen LogP contribution in [0.3, 0.4) is 0 Å². The minimum absolute atomic E-state index is 0.291. The summed E-state index contributed by atoms with van der Waals surface area (Å²) in [6.07, 6.45) is 6.32. The molecular weight excluding hydrogens is 188 g/mol. The number of carbonyl (C=O) groups is 1. The van der Waals surface area contributed by atoms with Crippen LogP contribution >= 0.6 is 0 Å². The van der Waals surface area contributed by atoms with Crippen molar-refractivity contribution >= 4 is 5.91 Å². The number of rotatable bonds is 3. The van der Waals surface area contributed by atoms with Gasteiger partial charge in [-0.2, -0.15) is 0 Å². The molecule has 84 valence electrons. The molecule has 2 aliphatic carbocycles. The van der Waals surface area contributed by atoms with Gasteiger partial charge in [0.05, 0.1) is 6.04 Å². The van der Waals surface area contributed by atoms with Gasteiger partial charge in [0.25, 0.3) is 0 Å². The maximum Gasteiger partial charge on any atom is 0.220 e. The van der Waals surface area contributed by atoms with Crippen LogP contribution in [0.5, 0.6) is 0 Å². The largest absolute Gasteiger partial charge is 0.351 e. The van der Waals surface area contributed by atoms with E-state index in [1.807, 2.05) is 0 Å². The summed E-state index contributed by atoms with van der Waals surface area (Å²) in [5, 5.41) is 6.27. The highest BCUT2D eigenvalue weighted by molar-refractivity contribution is 5.76. The second-order valence-corrected chi connectivity index (χ2v) is 5.56. The number of fused-ring (bicyclic) bond motifs is 2. The monoisotopic (exact) mass is 208 g/mol. The quantitative estimate of drug-likeness (QED) is 0.723. The van der Waals surface area contributed by atoms with Gasteiger partial charge in [0.2, 0.25) is 5.91 Å². The Morgan fingerprint density at radius 1 is 1.27 bits per heavy atom. The van der Waals surface area contributed by atoms with Crippen LogP contribution in [0.15, 0.2) is 0 Å². The molecule has 3 unspecified atom stereocenters. The lowest BCUT2D eigenvalue weighted by Crippen LogP contribution is -2.57. The molecule has 2 saturated carbocycles. The molecule has 1 saturated heterocycles. The maximum atomic E-state index is 11.7. The van der Waals surface area contributed by atoms with E-state index in [1.54, 1.807) is 0 Å². The lowest BCUT2D eigenvalue weighted by molar-refractivity contribution is -0.123. The third-order valence-electron chi connectivity index (χ3n) is 4.48. The van der Waals surface area contributed by atoms with Crippen LogP contribution in [0.25, 0.3) is 0 Å². The Morgan fingerprint density at radius 3 is 2.67 bits per heavy atom. The first-order chi connectivity index (χ1) is 7.31. The number of hydrogen-bond donors (Lipinski definition) is 2. The van der Waals surface area contributed by atoms with Gasteiger partial charge >= 0.3 is 0 Å². The predicted octanol–water partition coefficient (Wildman–Crippen LogP) is 0.901. The lowest BCUT2D eigenvalue weighted by Gasteiger charge is -2.29. The predicted molar refractivity (Wildman–Crippen MR) is 58.4 cm³/mol. The zero-order valence-electron chi connectivity index (χ0n) is 9.17. The van der Waals surface area contributed by atoms with Gasteiger partial charge in [-0.3, -0.25) is 4.79 Å². The molecule has 2 bridgehead atoms. The fraction of sp³-hybridized carbons (Fsp3) is 0.917. The normalized spacial score (nSPS) is 39.1. The highest BCUT2D eigenvalue weighted by Crippen LogP contribution is 2.49. The minimum atomic E-state index is 0.291. The molecule has 0 radical (unpaired) electrons. The third-order valence-corrected chi connectivity index (χ3v) is 4.48. The molecule has 0 spiro atoms. The summed E-state index contributed by atoms with van der Waals surface area (Å²) < 4.78 is 0. The molecule has 3 rings (SSSR count). The van der Waals surface area contributed by atoms with E-state index in [-0.39, 0.29) is 0 Å². The average molecular weight is 208 g/mol. The van der Waals surface area contributed by atoms with E-state index in [4.69, 9.17) is 0 Å². The topological polar surface area (TPSA) is 41.1 Å². The van der Waals surface area contributed by atoms with Crippen LogP contribution in [0, 0.1) is 17.8 Å². The van der Waals surface area contributed by atoms with E-state index in [9.17, 15) is 4.79 Å². The van der Waals surface area contributed by atoms with Crippen molar-refractivity contribution in [1.82, 2.24) is 10.6 Å². The highest BCUT2D eigenvalue weighted by atomic mass is 16.1. The number of carbonyl (C=O) groups excluding carboxylic acids is 1. The first-order valence-electron chi connectivity index (χ1n) is 6.31. The molecule has 1 amide bonds. The maximum absolute atomic E-state index is 11.7. The minimum Gasteiger partial charge on any atom is -0.351 e. The van der Waals surface area contributed by atoms with Crippen LogP contribution in [-0.4, -0.2) is 25.0 Å². The summed E-state index contributed by atoms with van der Waals surface area (Å²) in [6, 6.07) is 0.413. The standard InChI is InChI=1S/C12H20N2O/c15-12(14-11-6-13-7-11)5-10-4-8-1-2-9(10)3-8/h8-11,13H,1-7H2,(H,14,15). The summed E-state index contributed by atoms with van der Waals surface area (Å²) in [7, 11) is 0. The molecule has 3 heteroatoms. The lowest BCUT2D eigenvalue weighted by atomic mass is 9.86. The van der Waals surface area contributed by atoms with Gasteiger partial charge in [-0.25, -0.2) is 0 Å². The Kier molecular flexibility index (Phi) is 2.43. The molecule has 0 aromatic carbocycles. The van der Waals surface area contributed by atoms with Crippen molar-refractivity contribution in [2.75, 3.05) is 13.1 Å². The van der Waals surface area contributed by atoms with Gasteiger partial charge in [0, 0.05) is 19.5 Å². The SMILES string of the molecule is O=C(CC1CC2CCC1C2)NC1CNC1. The van der Waals surface area contributed by atoms with Crippen LogP contribution in [-0.2, 0) is 4.79 Å². The Bertz CT molecular complexity index is 262. The van der Waals surface area contributed by atoms with Crippen LogP contribution in [0.4, 0.5) is 0 Å². The zero-order valence-corrected chi connectivity index (χ0v) is 9.17. The van der Waals surface area contributed by atoms with E-state index in [2.05, 4.69) is 10.6 Å². The molecule has 3 aliphatic rings. The highest BCUT2D eigenvalue weighted by Gasteiger charge is 2.40. The Labute approximate surface area is 91.0 Å². The van der Waals surface area contributed by atoms with Crippen molar-refractivity contribution in [3.8, 4) is 0 Å². The second kappa shape index (κ2) is 3.78. The Morgan fingerprint density at radius 2 is 2.13 bits per heavy atom. The first-order valence-corrected chi connectivity index (χ1v) is 6.31.